The molecule has 0 saturated carbocycles. The van der Waals surface area contributed by atoms with Gasteiger partial charge < -0.3 is 15.3 Å². The Hall–Kier alpha value is -0.610. The molecule has 0 bridgehead atoms. The molecule has 4 heteroatoms. The lowest BCUT2D eigenvalue weighted by Crippen LogP contribution is -2.51. The van der Waals surface area contributed by atoms with E-state index < -0.39 is 0 Å². The van der Waals surface area contributed by atoms with E-state index in [1.807, 2.05) is 18.7 Å². The smallest absolute Gasteiger partial charge is 0.239 e. The summed E-state index contributed by atoms with van der Waals surface area (Å²) in [5.74, 6) is 0.373. The molecule has 0 radical (unpaired) electrons. The second-order valence-corrected chi connectivity index (χ2v) is 4.32. The topological polar surface area (TPSA) is 52.6 Å². The highest BCUT2D eigenvalue weighted by atomic mass is 16.3. The summed E-state index contributed by atoms with van der Waals surface area (Å²) in [4.78, 5) is 13.8. The molecule has 2 N–H and O–H groups in total. The lowest BCUT2D eigenvalue weighted by molar-refractivity contribution is -0.136. The molecule has 1 saturated heterocycles. The highest BCUT2D eigenvalue weighted by molar-refractivity contribution is 5.82. The fraction of sp³-hybridized carbons (Fsp3) is 0.909. The minimum atomic E-state index is -0.00496. The number of aliphatic hydroxyl groups is 1. The second-order valence-electron chi connectivity index (χ2n) is 4.32. The van der Waals surface area contributed by atoms with Gasteiger partial charge in [-0.3, -0.25) is 4.79 Å². The largest absolute Gasteiger partial charge is 0.396 e. The van der Waals surface area contributed by atoms with Gasteiger partial charge >= 0.3 is 0 Å². The molecule has 4 nitrogen and oxygen atoms in total. The van der Waals surface area contributed by atoms with Gasteiger partial charge in [0.2, 0.25) is 5.91 Å². The monoisotopic (exact) mass is 214 g/mol. The Kier molecular flexibility index (Phi) is 5.05. The van der Waals surface area contributed by atoms with E-state index in [1.54, 1.807) is 0 Å². The van der Waals surface area contributed by atoms with Crippen LogP contribution in [0, 0.1) is 5.92 Å². The number of rotatable bonds is 5. The molecule has 2 unspecified atom stereocenters. The zero-order chi connectivity index (χ0) is 11.3. The van der Waals surface area contributed by atoms with E-state index in [9.17, 15) is 4.79 Å². The molecule has 0 aromatic heterocycles. The molecule has 0 aromatic carbocycles. The summed E-state index contributed by atoms with van der Waals surface area (Å²) in [5.41, 5.74) is 0. The van der Waals surface area contributed by atoms with Crippen molar-refractivity contribution in [3.8, 4) is 0 Å². The zero-order valence-corrected chi connectivity index (χ0v) is 9.70. The highest BCUT2D eigenvalue weighted by Gasteiger charge is 2.28. The Bertz CT molecular complexity index is 207. The van der Waals surface area contributed by atoms with E-state index in [2.05, 4.69) is 5.32 Å². The van der Waals surface area contributed by atoms with Gasteiger partial charge in [0.15, 0.2) is 0 Å². The van der Waals surface area contributed by atoms with Crippen LogP contribution in [-0.4, -0.2) is 48.2 Å². The summed E-state index contributed by atoms with van der Waals surface area (Å²) in [6.07, 6.45) is 2.00. The van der Waals surface area contributed by atoms with Crippen molar-refractivity contribution in [1.82, 2.24) is 10.2 Å². The number of aliphatic hydroxyl groups excluding tert-OH is 1. The van der Waals surface area contributed by atoms with Gasteiger partial charge in [-0.05, 0) is 25.3 Å². The summed E-state index contributed by atoms with van der Waals surface area (Å²) in [5, 5.41) is 12.2. The number of piperidine rings is 1. The molecule has 1 rings (SSSR count). The maximum absolute atomic E-state index is 11.9. The van der Waals surface area contributed by atoms with Gasteiger partial charge in [0.05, 0.1) is 6.04 Å². The number of carbonyl (C=O) groups excluding carboxylic acids is 1. The van der Waals surface area contributed by atoms with Crippen LogP contribution >= 0.6 is 0 Å². The molecule has 0 aromatic rings. The average Bonchev–Trinajstić information content (AvgIpc) is 2.24. The first kappa shape index (κ1) is 12.5. The molecule has 15 heavy (non-hydrogen) atoms. The summed E-state index contributed by atoms with van der Waals surface area (Å²) in [6, 6.07) is -0.00496. The summed E-state index contributed by atoms with van der Waals surface area (Å²) in [7, 11) is 0. The summed E-state index contributed by atoms with van der Waals surface area (Å²) >= 11 is 0. The number of hydrogen-bond acceptors (Lipinski definition) is 3. The number of amides is 1. The quantitative estimate of drug-likeness (QED) is 0.688. The first-order valence-electron chi connectivity index (χ1n) is 5.82. The minimum absolute atomic E-state index is 0.00496. The molecule has 88 valence electrons. The van der Waals surface area contributed by atoms with E-state index in [1.165, 1.54) is 0 Å². The Labute approximate surface area is 91.6 Å². The van der Waals surface area contributed by atoms with Crippen molar-refractivity contribution in [3.05, 3.63) is 0 Å². The summed E-state index contributed by atoms with van der Waals surface area (Å²) < 4.78 is 0. The van der Waals surface area contributed by atoms with Crippen LogP contribution in [0.4, 0.5) is 0 Å². The van der Waals surface area contributed by atoms with E-state index in [0.717, 1.165) is 25.9 Å². The number of nitrogens with zero attached hydrogens (tertiary/aromatic N) is 1. The maximum atomic E-state index is 11.9. The van der Waals surface area contributed by atoms with E-state index >= 15 is 0 Å². The fourth-order valence-electron chi connectivity index (χ4n) is 1.99. The third-order valence-corrected chi connectivity index (χ3v) is 2.82. The zero-order valence-electron chi connectivity index (χ0n) is 9.70. The van der Waals surface area contributed by atoms with Crippen molar-refractivity contribution >= 4 is 5.91 Å². The number of likely N-dealkylation sites (tertiary alicyclic amines) is 1. The second kappa shape index (κ2) is 6.08. The van der Waals surface area contributed by atoms with Crippen LogP contribution in [0.2, 0.25) is 0 Å². The minimum Gasteiger partial charge on any atom is -0.396 e. The van der Waals surface area contributed by atoms with Crippen molar-refractivity contribution in [3.63, 3.8) is 0 Å². The Morgan fingerprint density at radius 2 is 2.40 bits per heavy atom. The first-order chi connectivity index (χ1) is 7.19. The van der Waals surface area contributed by atoms with Crippen LogP contribution in [0.1, 0.15) is 26.7 Å². The lowest BCUT2D eigenvalue weighted by atomic mass is 10.0. The lowest BCUT2D eigenvalue weighted by Gasteiger charge is -2.34. The van der Waals surface area contributed by atoms with Crippen LogP contribution in [0.25, 0.3) is 0 Å². The van der Waals surface area contributed by atoms with Gasteiger partial charge in [0, 0.05) is 19.7 Å². The molecular formula is C11H22N2O2. The van der Waals surface area contributed by atoms with Crippen molar-refractivity contribution < 1.29 is 9.90 Å². The van der Waals surface area contributed by atoms with Gasteiger partial charge in [-0.2, -0.15) is 0 Å². The van der Waals surface area contributed by atoms with Crippen molar-refractivity contribution in [2.75, 3.05) is 26.2 Å². The Balaban J connectivity index is 2.47. The standard InChI is InChI=1S/C11H22N2O2/c1-3-12-10-5-4-6-13(11(10)15)7-9(2)8-14/h9-10,12,14H,3-8H2,1-2H3. The molecule has 1 amide bonds. The van der Waals surface area contributed by atoms with Crippen LogP contribution in [0.5, 0.6) is 0 Å². The predicted molar refractivity (Wildman–Crippen MR) is 59.5 cm³/mol. The van der Waals surface area contributed by atoms with E-state index in [0.29, 0.717) is 6.54 Å². The predicted octanol–water partition coefficient (Wildman–Crippen LogP) is 0.215. The highest BCUT2D eigenvalue weighted by Crippen LogP contribution is 2.13. The van der Waals surface area contributed by atoms with Crippen LogP contribution in [0.3, 0.4) is 0 Å². The normalized spacial score (nSPS) is 24.3. The molecule has 1 heterocycles. The van der Waals surface area contributed by atoms with Gasteiger partial charge in [-0.1, -0.05) is 13.8 Å². The average molecular weight is 214 g/mol. The van der Waals surface area contributed by atoms with Gasteiger partial charge in [0.25, 0.3) is 0 Å². The molecular weight excluding hydrogens is 192 g/mol. The van der Waals surface area contributed by atoms with Crippen LogP contribution < -0.4 is 5.32 Å². The molecule has 1 aliphatic heterocycles. The molecule has 0 spiro atoms. The maximum Gasteiger partial charge on any atom is 0.239 e. The van der Waals surface area contributed by atoms with E-state index in [4.69, 9.17) is 5.11 Å². The van der Waals surface area contributed by atoms with Gasteiger partial charge in [-0.25, -0.2) is 0 Å². The van der Waals surface area contributed by atoms with Gasteiger partial charge in [0.1, 0.15) is 0 Å². The molecule has 1 fully saturated rings. The fourth-order valence-corrected chi connectivity index (χ4v) is 1.99. The number of carbonyl (C=O) groups is 1. The number of nitrogens with one attached hydrogen (secondary N) is 1. The number of hydrogen-bond donors (Lipinski definition) is 2. The molecule has 0 aliphatic carbocycles. The summed E-state index contributed by atoms with van der Waals surface area (Å²) in [6.45, 7) is 6.48. The number of likely N-dealkylation sites (N-methyl/N-ethyl adjacent to an activating group) is 1. The van der Waals surface area contributed by atoms with Crippen molar-refractivity contribution in [2.24, 2.45) is 5.92 Å². The Morgan fingerprint density at radius 1 is 1.67 bits per heavy atom. The van der Waals surface area contributed by atoms with E-state index in [-0.39, 0.29) is 24.5 Å². The molecule has 1 aliphatic rings. The van der Waals surface area contributed by atoms with Gasteiger partial charge in [-0.15, -0.1) is 0 Å². The SMILES string of the molecule is CCNC1CCCN(CC(C)CO)C1=O. The van der Waals surface area contributed by atoms with Crippen LogP contribution in [-0.2, 0) is 4.79 Å². The van der Waals surface area contributed by atoms with Crippen molar-refractivity contribution in [2.45, 2.75) is 32.7 Å². The Morgan fingerprint density at radius 3 is 3.00 bits per heavy atom. The first-order valence-corrected chi connectivity index (χ1v) is 5.82. The van der Waals surface area contributed by atoms with Crippen molar-refractivity contribution in [1.29, 1.82) is 0 Å². The van der Waals surface area contributed by atoms with Crippen LogP contribution in [0.15, 0.2) is 0 Å². The molecule has 2 atom stereocenters. The third kappa shape index (κ3) is 3.47. The third-order valence-electron chi connectivity index (χ3n) is 2.82.